The van der Waals surface area contributed by atoms with Crippen molar-refractivity contribution in [2.24, 2.45) is 0 Å². The number of ether oxygens (including phenoxy) is 2. The van der Waals surface area contributed by atoms with Crippen LogP contribution < -0.4 is 5.32 Å². The van der Waals surface area contributed by atoms with E-state index in [1.165, 1.54) is 0 Å². The summed E-state index contributed by atoms with van der Waals surface area (Å²) in [6.07, 6.45) is 1.73. The number of amides is 1. The minimum absolute atomic E-state index is 0.101. The smallest absolute Gasteiger partial charge is 0.256 e. The number of hydrogen-bond acceptors (Lipinski definition) is 8. The van der Waals surface area contributed by atoms with Crippen LogP contribution in [-0.2, 0) is 15.0 Å². The molecule has 0 bridgehead atoms. The van der Waals surface area contributed by atoms with Crippen molar-refractivity contribution >= 4 is 34.8 Å². The summed E-state index contributed by atoms with van der Waals surface area (Å²) in [5.41, 5.74) is 2.54. The number of benzene rings is 1. The number of nitrogens with one attached hydrogen (secondary N) is 1. The lowest BCUT2D eigenvalue weighted by atomic mass is 9.92. The number of aliphatic hydroxyl groups is 1. The van der Waals surface area contributed by atoms with Crippen molar-refractivity contribution in [1.29, 1.82) is 0 Å². The summed E-state index contributed by atoms with van der Waals surface area (Å²) in [5.74, 6) is 0.450. The second-order valence-corrected chi connectivity index (χ2v) is 10.3. The van der Waals surface area contributed by atoms with E-state index in [-0.39, 0.29) is 18.6 Å². The molecule has 3 aliphatic heterocycles. The Morgan fingerprint density at radius 3 is 2.79 bits per heavy atom. The van der Waals surface area contributed by atoms with Crippen LogP contribution in [0.15, 0.2) is 36.5 Å². The molecule has 2 aromatic heterocycles. The van der Waals surface area contributed by atoms with Gasteiger partial charge < -0.3 is 24.8 Å². The highest BCUT2D eigenvalue weighted by atomic mass is 35.5. The van der Waals surface area contributed by atoms with Crippen molar-refractivity contribution in [2.45, 2.75) is 24.5 Å². The molecule has 34 heavy (non-hydrogen) atoms. The Morgan fingerprint density at radius 1 is 1.32 bits per heavy atom. The number of aliphatic hydroxyl groups excluding tert-OH is 1. The average Bonchev–Trinajstić information content (AvgIpc) is 3.24. The van der Waals surface area contributed by atoms with Gasteiger partial charge in [0.1, 0.15) is 5.54 Å². The minimum Gasteiger partial charge on any atom is -0.394 e. The van der Waals surface area contributed by atoms with E-state index in [9.17, 15) is 9.90 Å². The van der Waals surface area contributed by atoms with E-state index in [1.54, 1.807) is 34.6 Å². The van der Waals surface area contributed by atoms with E-state index in [4.69, 9.17) is 26.1 Å². The largest absolute Gasteiger partial charge is 0.394 e. The molecule has 1 unspecified atom stereocenters. The molecule has 2 N–H and O–H groups in total. The molecule has 1 amide bonds. The van der Waals surface area contributed by atoms with E-state index in [2.05, 4.69) is 10.3 Å². The maximum absolute atomic E-state index is 13.9. The van der Waals surface area contributed by atoms with Crippen molar-refractivity contribution < 1.29 is 19.4 Å². The van der Waals surface area contributed by atoms with Gasteiger partial charge in [-0.1, -0.05) is 23.7 Å². The van der Waals surface area contributed by atoms with E-state index in [1.807, 2.05) is 25.1 Å². The molecule has 0 aliphatic carbocycles. The zero-order valence-electron chi connectivity index (χ0n) is 18.5. The molecule has 8 nitrogen and oxygen atoms in total. The number of thiophene rings is 1. The van der Waals surface area contributed by atoms with Gasteiger partial charge in [-0.2, -0.15) is 0 Å². The SMILES string of the molecule is Cc1c(-c2ccnc(NC3COC3)n2)sc2c1C(=O)N(C(CO)c1cccc(Cl)c1)C21COC1. The predicted octanol–water partition coefficient (Wildman–Crippen LogP) is 3.39. The van der Waals surface area contributed by atoms with Crippen molar-refractivity contribution in [3.63, 3.8) is 0 Å². The Morgan fingerprint density at radius 2 is 2.15 bits per heavy atom. The molecule has 3 aliphatic rings. The standard InChI is InChI=1S/C24H23ClN4O4S/c1-13-19-21(34-20(13)17-5-6-26-23(28-17)27-16-9-32-10-16)24(11-33-12-24)29(22(19)31)18(8-30)14-3-2-4-15(25)7-14/h2-7,16,18,30H,8-12H2,1H3,(H,26,27,28). The number of carbonyl (C=O) groups excluding carboxylic acids is 1. The molecule has 2 saturated heterocycles. The number of anilines is 1. The third kappa shape index (κ3) is 3.26. The second kappa shape index (κ2) is 8.28. The molecule has 2 fully saturated rings. The van der Waals surface area contributed by atoms with Crippen LogP contribution in [0, 0.1) is 6.92 Å². The van der Waals surface area contributed by atoms with Crippen LogP contribution in [0.25, 0.3) is 10.6 Å². The van der Waals surface area contributed by atoms with Gasteiger partial charge in [0, 0.05) is 16.1 Å². The highest BCUT2D eigenvalue weighted by molar-refractivity contribution is 7.16. The maximum atomic E-state index is 13.9. The lowest BCUT2D eigenvalue weighted by Gasteiger charge is -2.48. The number of fused-ring (bicyclic) bond motifs is 2. The quantitative estimate of drug-likeness (QED) is 0.537. The van der Waals surface area contributed by atoms with Crippen molar-refractivity contribution in [3.05, 3.63) is 63.1 Å². The van der Waals surface area contributed by atoms with Gasteiger partial charge >= 0.3 is 0 Å². The monoisotopic (exact) mass is 498 g/mol. The van der Waals surface area contributed by atoms with Gasteiger partial charge in [0.05, 0.1) is 61.3 Å². The highest BCUT2D eigenvalue weighted by Crippen LogP contribution is 2.54. The molecular formula is C24H23ClN4O4S. The van der Waals surface area contributed by atoms with E-state index in [0.717, 1.165) is 26.6 Å². The van der Waals surface area contributed by atoms with Crippen molar-refractivity contribution in [1.82, 2.24) is 14.9 Å². The molecule has 0 radical (unpaired) electrons. The van der Waals surface area contributed by atoms with E-state index in [0.29, 0.717) is 43.0 Å². The lowest BCUT2D eigenvalue weighted by molar-refractivity contribution is -0.139. The first-order valence-corrected chi connectivity index (χ1v) is 12.3. The summed E-state index contributed by atoms with van der Waals surface area (Å²) in [7, 11) is 0. The Labute approximate surface area is 205 Å². The predicted molar refractivity (Wildman–Crippen MR) is 128 cm³/mol. The molecule has 1 aromatic carbocycles. The second-order valence-electron chi connectivity index (χ2n) is 8.86. The Bertz CT molecular complexity index is 1270. The number of carbonyl (C=O) groups is 1. The molecule has 0 saturated carbocycles. The first-order valence-electron chi connectivity index (χ1n) is 11.1. The van der Waals surface area contributed by atoms with Gasteiger partial charge in [-0.3, -0.25) is 4.79 Å². The van der Waals surface area contributed by atoms with Gasteiger partial charge in [0.25, 0.3) is 5.91 Å². The average molecular weight is 499 g/mol. The van der Waals surface area contributed by atoms with Crippen LogP contribution in [0.5, 0.6) is 0 Å². The Balaban J connectivity index is 1.39. The van der Waals surface area contributed by atoms with E-state index < -0.39 is 11.6 Å². The summed E-state index contributed by atoms with van der Waals surface area (Å²) < 4.78 is 10.9. The summed E-state index contributed by atoms with van der Waals surface area (Å²) in [4.78, 5) is 26.6. The van der Waals surface area contributed by atoms with Gasteiger partial charge in [-0.25, -0.2) is 9.97 Å². The van der Waals surface area contributed by atoms with Gasteiger partial charge in [-0.05, 0) is 36.2 Å². The number of aromatic nitrogens is 2. The van der Waals surface area contributed by atoms with Crippen LogP contribution in [0.2, 0.25) is 5.02 Å². The van der Waals surface area contributed by atoms with Gasteiger partial charge in [0.2, 0.25) is 5.95 Å². The third-order valence-corrected chi connectivity index (χ3v) is 8.47. The van der Waals surface area contributed by atoms with Crippen LogP contribution in [0.1, 0.15) is 32.4 Å². The maximum Gasteiger partial charge on any atom is 0.256 e. The molecule has 5 heterocycles. The van der Waals surface area contributed by atoms with Crippen LogP contribution >= 0.6 is 22.9 Å². The number of nitrogens with zero attached hydrogens (tertiary/aromatic N) is 3. The molecule has 3 aromatic rings. The molecule has 1 atom stereocenters. The lowest BCUT2D eigenvalue weighted by Crippen LogP contribution is -2.58. The first-order chi connectivity index (χ1) is 16.5. The minimum atomic E-state index is -0.604. The normalized spacial score (nSPS) is 19.6. The van der Waals surface area contributed by atoms with Crippen LogP contribution in [0.4, 0.5) is 5.95 Å². The molecule has 10 heteroatoms. The Hall–Kier alpha value is -2.56. The number of hydrogen-bond donors (Lipinski definition) is 2. The molecular weight excluding hydrogens is 476 g/mol. The van der Waals surface area contributed by atoms with Gasteiger partial charge in [0.15, 0.2) is 0 Å². The molecule has 1 spiro atoms. The molecule has 176 valence electrons. The number of halogens is 1. The zero-order chi connectivity index (χ0) is 23.4. The number of rotatable bonds is 6. The zero-order valence-corrected chi connectivity index (χ0v) is 20.0. The topological polar surface area (TPSA) is 96.8 Å². The fourth-order valence-electron chi connectivity index (χ4n) is 4.88. The van der Waals surface area contributed by atoms with Crippen molar-refractivity contribution in [3.8, 4) is 10.6 Å². The highest BCUT2D eigenvalue weighted by Gasteiger charge is 2.59. The fourth-order valence-corrected chi connectivity index (χ4v) is 6.50. The summed E-state index contributed by atoms with van der Waals surface area (Å²) >= 11 is 7.79. The first kappa shape index (κ1) is 21.9. The summed E-state index contributed by atoms with van der Waals surface area (Å²) in [6, 6.07) is 8.88. The molecule has 6 rings (SSSR count). The van der Waals surface area contributed by atoms with Crippen LogP contribution in [0.3, 0.4) is 0 Å². The third-order valence-electron chi connectivity index (χ3n) is 6.72. The van der Waals surface area contributed by atoms with Crippen LogP contribution in [-0.4, -0.2) is 65.0 Å². The van der Waals surface area contributed by atoms with E-state index >= 15 is 0 Å². The van der Waals surface area contributed by atoms with Gasteiger partial charge in [-0.15, -0.1) is 11.3 Å². The fraction of sp³-hybridized carbons (Fsp3) is 0.375. The van der Waals surface area contributed by atoms with Crippen molar-refractivity contribution in [2.75, 3.05) is 38.4 Å². The summed E-state index contributed by atoms with van der Waals surface area (Å²) in [6.45, 7) is 3.82. The summed E-state index contributed by atoms with van der Waals surface area (Å²) in [5, 5.41) is 14.2. The Kier molecular flexibility index (Phi) is 5.34.